The summed E-state index contributed by atoms with van der Waals surface area (Å²) in [4.78, 5) is 26.4. The number of benzene rings is 1. The third-order valence-electron chi connectivity index (χ3n) is 3.66. The van der Waals surface area contributed by atoms with E-state index >= 15 is 0 Å². The molecule has 1 aliphatic rings. The second-order valence-electron chi connectivity index (χ2n) is 6.78. The Morgan fingerprint density at radius 2 is 1.92 bits per heavy atom. The van der Waals surface area contributed by atoms with Gasteiger partial charge in [0.05, 0.1) is 4.92 Å². The first-order chi connectivity index (χ1) is 11.2. The molecule has 0 atom stereocenters. The number of amides is 1. The predicted octanol–water partition coefficient (Wildman–Crippen LogP) is 3.41. The number of carbonyl (C=O) groups excluding carboxylic acids is 1. The maximum absolute atomic E-state index is 12.1. The summed E-state index contributed by atoms with van der Waals surface area (Å²) < 4.78 is 6.23. The lowest BCUT2D eigenvalue weighted by molar-refractivity contribution is -0.384. The van der Waals surface area contributed by atoms with Crippen molar-refractivity contribution in [2.24, 2.45) is 0 Å². The van der Waals surface area contributed by atoms with Crippen molar-refractivity contribution in [2.45, 2.75) is 32.9 Å². The van der Waals surface area contributed by atoms with Crippen LogP contribution >= 0.6 is 15.9 Å². The maximum atomic E-state index is 12.1. The van der Waals surface area contributed by atoms with Gasteiger partial charge in [0.15, 0.2) is 0 Å². The molecule has 24 heavy (non-hydrogen) atoms. The largest absolute Gasteiger partial charge is 0.444 e. The first-order valence-corrected chi connectivity index (χ1v) is 8.58. The van der Waals surface area contributed by atoms with Crippen LogP contribution in [0.3, 0.4) is 0 Å². The molecule has 1 aromatic rings. The number of rotatable bonds is 3. The van der Waals surface area contributed by atoms with Crippen LogP contribution < -0.4 is 0 Å². The van der Waals surface area contributed by atoms with E-state index in [0.29, 0.717) is 32.7 Å². The van der Waals surface area contributed by atoms with E-state index in [1.54, 1.807) is 17.0 Å². The number of ether oxygens (including phenoxy) is 1. The highest BCUT2D eigenvalue weighted by molar-refractivity contribution is 9.10. The molecule has 132 valence electrons. The number of nitro benzene ring substituents is 1. The van der Waals surface area contributed by atoms with Gasteiger partial charge in [-0.2, -0.15) is 0 Å². The molecule has 0 aliphatic carbocycles. The fraction of sp³-hybridized carbons (Fsp3) is 0.562. The average Bonchev–Trinajstić information content (AvgIpc) is 2.48. The van der Waals surface area contributed by atoms with Crippen LogP contribution in [0.1, 0.15) is 26.3 Å². The van der Waals surface area contributed by atoms with E-state index in [0.717, 1.165) is 10.0 Å². The van der Waals surface area contributed by atoms with Crippen LogP contribution in [-0.2, 0) is 11.3 Å². The normalized spacial score (nSPS) is 16.1. The Morgan fingerprint density at radius 3 is 2.46 bits per heavy atom. The summed E-state index contributed by atoms with van der Waals surface area (Å²) in [5.74, 6) is 0. The molecule has 8 heteroatoms. The highest BCUT2D eigenvalue weighted by atomic mass is 79.9. The first kappa shape index (κ1) is 18.7. The van der Waals surface area contributed by atoms with Crippen LogP contribution in [0.25, 0.3) is 0 Å². The molecule has 0 aromatic heterocycles. The predicted molar refractivity (Wildman–Crippen MR) is 93.9 cm³/mol. The summed E-state index contributed by atoms with van der Waals surface area (Å²) in [6, 6.07) is 4.77. The molecular formula is C16H22BrN3O4. The number of halogens is 1. The third-order valence-corrected chi connectivity index (χ3v) is 4.43. The molecule has 1 saturated heterocycles. The fourth-order valence-corrected chi connectivity index (χ4v) is 2.82. The molecule has 0 bridgehead atoms. The van der Waals surface area contributed by atoms with E-state index in [1.165, 1.54) is 6.07 Å². The minimum atomic E-state index is -0.498. The molecule has 1 aromatic carbocycles. The van der Waals surface area contributed by atoms with Crippen molar-refractivity contribution < 1.29 is 14.5 Å². The van der Waals surface area contributed by atoms with Gasteiger partial charge < -0.3 is 9.64 Å². The van der Waals surface area contributed by atoms with Gasteiger partial charge in [-0.3, -0.25) is 15.0 Å². The molecule has 7 nitrogen and oxygen atoms in total. The fourth-order valence-electron chi connectivity index (χ4n) is 2.45. The van der Waals surface area contributed by atoms with Gasteiger partial charge in [-0.1, -0.05) is 15.9 Å². The van der Waals surface area contributed by atoms with Crippen LogP contribution in [0.2, 0.25) is 0 Å². The highest BCUT2D eigenvalue weighted by Gasteiger charge is 2.26. The second-order valence-corrected chi connectivity index (χ2v) is 7.63. The topological polar surface area (TPSA) is 75.9 Å². The van der Waals surface area contributed by atoms with Crippen molar-refractivity contribution in [3.05, 3.63) is 38.3 Å². The number of piperazine rings is 1. The molecule has 0 unspecified atom stereocenters. The van der Waals surface area contributed by atoms with Crippen molar-refractivity contribution in [1.29, 1.82) is 0 Å². The molecule has 1 aliphatic heterocycles. The van der Waals surface area contributed by atoms with Crippen molar-refractivity contribution >= 4 is 27.7 Å². The maximum Gasteiger partial charge on any atom is 0.410 e. The number of nitrogens with zero attached hydrogens (tertiary/aromatic N) is 3. The molecule has 1 fully saturated rings. The van der Waals surface area contributed by atoms with E-state index in [1.807, 2.05) is 20.8 Å². The van der Waals surface area contributed by atoms with E-state index in [-0.39, 0.29) is 11.8 Å². The zero-order valence-electron chi connectivity index (χ0n) is 14.1. The smallest absolute Gasteiger partial charge is 0.410 e. The number of non-ortho nitro benzene ring substituents is 1. The lowest BCUT2D eigenvalue weighted by atomic mass is 10.1. The van der Waals surface area contributed by atoms with Gasteiger partial charge in [0.2, 0.25) is 0 Å². The van der Waals surface area contributed by atoms with Gasteiger partial charge in [-0.15, -0.1) is 0 Å². The standard InChI is InChI=1S/C16H22BrN3O4/c1-16(2,3)24-15(21)19-8-6-18(7-9-19)11-12-10-13(20(22)23)4-5-14(12)17/h4-5,10H,6-9,11H2,1-3H3. The van der Waals surface area contributed by atoms with Crippen LogP contribution in [0.4, 0.5) is 10.5 Å². The van der Waals surface area contributed by atoms with Crippen LogP contribution in [0, 0.1) is 10.1 Å². The average molecular weight is 400 g/mol. The summed E-state index contributed by atoms with van der Waals surface area (Å²) in [6.45, 7) is 8.72. The van der Waals surface area contributed by atoms with Gasteiger partial charge in [0, 0.05) is 49.3 Å². The van der Waals surface area contributed by atoms with Gasteiger partial charge in [0.25, 0.3) is 5.69 Å². The first-order valence-electron chi connectivity index (χ1n) is 7.79. The Bertz CT molecular complexity index is 622. The Morgan fingerprint density at radius 1 is 1.29 bits per heavy atom. The molecule has 0 radical (unpaired) electrons. The molecule has 0 N–H and O–H groups in total. The summed E-state index contributed by atoms with van der Waals surface area (Å²) in [5.41, 5.74) is 0.456. The van der Waals surface area contributed by atoms with Crippen LogP contribution in [0.5, 0.6) is 0 Å². The Kier molecular flexibility index (Phi) is 5.82. The minimum Gasteiger partial charge on any atom is -0.444 e. The number of hydrogen-bond donors (Lipinski definition) is 0. The molecule has 2 rings (SSSR count). The molecule has 1 heterocycles. The van der Waals surface area contributed by atoms with E-state index in [4.69, 9.17) is 4.74 Å². The summed E-state index contributed by atoms with van der Waals surface area (Å²) in [7, 11) is 0. The molecule has 0 saturated carbocycles. The van der Waals surface area contributed by atoms with Crippen molar-refractivity contribution in [2.75, 3.05) is 26.2 Å². The van der Waals surface area contributed by atoms with Crippen molar-refractivity contribution in [3.63, 3.8) is 0 Å². The van der Waals surface area contributed by atoms with Crippen molar-refractivity contribution in [3.8, 4) is 0 Å². The third kappa shape index (κ3) is 5.17. The summed E-state index contributed by atoms with van der Waals surface area (Å²) in [6.07, 6.45) is -0.293. The summed E-state index contributed by atoms with van der Waals surface area (Å²) in [5, 5.41) is 10.9. The van der Waals surface area contributed by atoms with E-state index in [9.17, 15) is 14.9 Å². The Balaban J connectivity index is 1.93. The lowest BCUT2D eigenvalue weighted by Crippen LogP contribution is -2.49. The van der Waals surface area contributed by atoms with Crippen LogP contribution in [-0.4, -0.2) is 52.6 Å². The number of carbonyl (C=O) groups is 1. The lowest BCUT2D eigenvalue weighted by Gasteiger charge is -2.35. The van der Waals surface area contributed by atoms with Gasteiger partial charge in [0.1, 0.15) is 5.60 Å². The number of nitro groups is 1. The molecular weight excluding hydrogens is 378 g/mol. The molecule has 0 spiro atoms. The minimum absolute atomic E-state index is 0.0839. The van der Waals surface area contributed by atoms with Gasteiger partial charge in [-0.05, 0) is 32.4 Å². The summed E-state index contributed by atoms with van der Waals surface area (Å²) >= 11 is 3.44. The van der Waals surface area contributed by atoms with Crippen molar-refractivity contribution in [1.82, 2.24) is 9.80 Å². The molecule has 1 amide bonds. The Hall–Kier alpha value is -1.67. The zero-order valence-corrected chi connectivity index (χ0v) is 15.7. The zero-order chi connectivity index (χ0) is 17.9. The second kappa shape index (κ2) is 7.48. The van der Waals surface area contributed by atoms with Crippen LogP contribution in [0.15, 0.2) is 22.7 Å². The van der Waals surface area contributed by atoms with Gasteiger partial charge >= 0.3 is 6.09 Å². The Labute approximate surface area is 149 Å². The monoisotopic (exact) mass is 399 g/mol. The highest BCUT2D eigenvalue weighted by Crippen LogP contribution is 2.24. The SMILES string of the molecule is CC(C)(C)OC(=O)N1CCN(Cc2cc([N+](=O)[O-])ccc2Br)CC1. The number of hydrogen-bond acceptors (Lipinski definition) is 5. The van der Waals surface area contributed by atoms with E-state index < -0.39 is 10.5 Å². The van der Waals surface area contributed by atoms with E-state index in [2.05, 4.69) is 20.8 Å². The van der Waals surface area contributed by atoms with Gasteiger partial charge in [-0.25, -0.2) is 4.79 Å². The quantitative estimate of drug-likeness (QED) is 0.574.